The van der Waals surface area contributed by atoms with Gasteiger partial charge in [0, 0.05) is 18.8 Å². The molecule has 0 aromatic heterocycles. The molecular weight excluding hydrogens is 232 g/mol. The molecule has 0 spiro atoms. The lowest BCUT2D eigenvalue weighted by atomic mass is 10.0. The average molecular weight is 250 g/mol. The fraction of sp³-hybridized carbons (Fsp3) is 0.385. The van der Waals surface area contributed by atoms with Gasteiger partial charge in [0.25, 0.3) is 0 Å². The zero-order valence-electron chi connectivity index (χ0n) is 10.6. The molecule has 0 saturated heterocycles. The number of carboxylic acids is 1. The molecule has 0 radical (unpaired) electrons. The second kappa shape index (κ2) is 6.76. The second-order valence-electron chi connectivity index (χ2n) is 4.07. The standard InChI is InChI=1S/C13H18N2O3/c1-9(16)8-15-12(7-13(17)18)10-5-3-4-6-11(10)14-2/h3-6,12,14-15H,7-8H2,1-2H3,(H,17,18). The van der Waals surface area contributed by atoms with Crippen LogP contribution in [-0.4, -0.2) is 30.5 Å². The predicted molar refractivity (Wildman–Crippen MR) is 69.7 cm³/mol. The molecule has 18 heavy (non-hydrogen) atoms. The first kappa shape index (κ1) is 14.2. The molecule has 0 aliphatic rings. The predicted octanol–water partition coefficient (Wildman–Crippen LogP) is 1.42. The van der Waals surface area contributed by atoms with Gasteiger partial charge in [0.15, 0.2) is 0 Å². The molecule has 1 aromatic carbocycles. The molecule has 0 saturated carbocycles. The van der Waals surface area contributed by atoms with Crippen molar-refractivity contribution in [2.75, 3.05) is 18.9 Å². The van der Waals surface area contributed by atoms with Crippen molar-refractivity contribution in [2.45, 2.75) is 19.4 Å². The topological polar surface area (TPSA) is 78.4 Å². The molecule has 1 rings (SSSR count). The third-order valence-corrected chi connectivity index (χ3v) is 2.58. The average Bonchev–Trinajstić information content (AvgIpc) is 2.33. The van der Waals surface area contributed by atoms with E-state index in [1.807, 2.05) is 24.3 Å². The summed E-state index contributed by atoms with van der Waals surface area (Å²) >= 11 is 0. The van der Waals surface area contributed by atoms with E-state index in [0.29, 0.717) is 0 Å². The molecule has 5 nitrogen and oxygen atoms in total. The molecule has 5 heteroatoms. The lowest BCUT2D eigenvalue weighted by Crippen LogP contribution is -2.28. The quantitative estimate of drug-likeness (QED) is 0.682. The summed E-state index contributed by atoms with van der Waals surface area (Å²) in [6.07, 6.45) is -0.0635. The van der Waals surface area contributed by atoms with Crippen LogP contribution < -0.4 is 10.6 Å². The van der Waals surface area contributed by atoms with Gasteiger partial charge in [-0.2, -0.15) is 0 Å². The molecule has 1 unspecified atom stereocenters. The van der Waals surface area contributed by atoms with Crippen molar-refractivity contribution >= 4 is 17.4 Å². The van der Waals surface area contributed by atoms with Crippen molar-refractivity contribution in [3.05, 3.63) is 29.8 Å². The lowest BCUT2D eigenvalue weighted by molar-refractivity contribution is -0.137. The monoisotopic (exact) mass is 250 g/mol. The number of aliphatic carboxylic acids is 1. The first-order valence-corrected chi connectivity index (χ1v) is 5.76. The Morgan fingerprint density at radius 1 is 1.33 bits per heavy atom. The Morgan fingerprint density at radius 2 is 2.00 bits per heavy atom. The Morgan fingerprint density at radius 3 is 2.56 bits per heavy atom. The maximum atomic E-state index is 11.0. The molecule has 1 aromatic rings. The summed E-state index contributed by atoms with van der Waals surface area (Å²) in [7, 11) is 1.78. The number of carboxylic acid groups (broad SMARTS) is 1. The van der Waals surface area contributed by atoms with Gasteiger partial charge < -0.3 is 15.7 Å². The summed E-state index contributed by atoms with van der Waals surface area (Å²) in [6, 6.07) is 7.07. The van der Waals surface area contributed by atoms with Crippen LogP contribution in [0.3, 0.4) is 0 Å². The van der Waals surface area contributed by atoms with E-state index in [1.165, 1.54) is 6.92 Å². The highest BCUT2D eigenvalue weighted by Gasteiger charge is 2.18. The van der Waals surface area contributed by atoms with Crippen molar-refractivity contribution in [3.63, 3.8) is 0 Å². The van der Waals surface area contributed by atoms with E-state index in [4.69, 9.17) is 5.11 Å². The smallest absolute Gasteiger partial charge is 0.305 e. The zero-order valence-corrected chi connectivity index (χ0v) is 10.6. The van der Waals surface area contributed by atoms with Crippen molar-refractivity contribution in [1.82, 2.24) is 5.32 Å². The van der Waals surface area contributed by atoms with E-state index >= 15 is 0 Å². The van der Waals surface area contributed by atoms with Crippen LogP contribution in [0.25, 0.3) is 0 Å². The van der Waals surface area contributed by atoms with Gasteiger partial charge in [0.05, 0.1) is 13.0 Å². The number of carbonyl (C=O) groups is 2. The molecule has 0 bridgehead atoms. The highest BCUT2D eigenvalue weighted by molar-refractivity contribution is 5.78. The maximum Gasteiger partial charge on any atom is 0.305 e. The Balaban J connectivity index is 2.92. The van der Waals surface area contributed by atoms with Gasteiger partial charge >= 0.3 is 5.97 Å². The Hall–Kier alpha value is -1.88. The van der Waals surface area contributed by atoms with Crippen molar-refractivity contribution in [3.8, 4) is 0 Å². The van der Waals surface area contributed by atoms with Gasteiger partial charge in [-0.1, -0.05) is 18.2 Å². The van der Waals surface area contributed by atoms with Gasteiger partial charge in [-0.05, 0) is 18.6 Å². The van der Waals surface area contributed by atoms with Gasteiger partial charge in [-0.25, -0.2) is 0 Å². The number of anilines is 1. The van der Waals surface area contributed by atoms with Crippen LogP contribution in [0.5, 0.6) is 0 Å². The van der Waals surface area contributed by atoms with Crippen LogP contribution in [0.15, 0.2) is 24.3 Å². The fourth-order valence-electron chi connectivity index (χ4n) is 1.76. The van der Waals surface area contributed by atoms with E-state index in [0.717, 1.165) is 11.3 Å². The fourth-order valence-corrected chi connectivity index (χ4v) is 1.76. The van der Waals surface area contributed by atoms with Crippen molar-refractivity contribution < 1.29 is 14.7 Å². The van der Waals surface area contributed by atoms with E-state index < -0.39 is 5.97 Å². The van der Waals surface area contributed by atoms with Crippen LogP contribution in [0.2, 0.25) is 0 Å². The third-order valence-electron chi connectivity index (χ3n) is 2.58. The summed E-state index contributed by atoms with van der Waals surface area (Å²) in [4.78, 5) is 21.9. The van der Waals surface area contributed by atoms with E-state index in [1.54, 1.807) is 7.05 Å². The number of para-hydroxylation sites is 1. The second-order valence-corrected chi connectivity index (χ2v) is 4.07. The summed E-state index contributed by atoms with van der Waals surface area (Å²) in [5.41, 5.74) is 1.71. The molecule has 3 N–H and O–H groups in total. The number of nitrogens with one attached hydrogen (secondary N) is 2. The van der Waals surface area contributed by atoms with Gasteiger partial charge in [0.2, 0.25) is 0 Å². The largest absolute Gasteiger partial charge is 0.481 e. The Bertz CT molecular complexity index is 432. The number of ketones is 1. The number of hydrogen-bond donors (Lipinski definition) is 3. The number of hydrogen-bond acceptors (Lipinski definition) is 4. The van der Waals surface area contributed by atoms with Crippen LogP contribution >= 0.6 is 0 Å². The molecule has 0 fully saturated rings. The minimum Gasteiger partial charge on any atom is -0.481 e. The van der Waals surface area contributed by atoms with Crippen LogP contribution in [0, 0.1) is 0 Å². The Labute approximate surface area is 106 Å². The van der Waals surface area contributed by atoms with E-state index in [-0.39, 0.29) is 24.8 Å². The van der Waals surface area contributed by atoms with Gasteiger partial charge in [0.1, 0.15) is 5.78 Å². The van der Waals surface area contributed by atoms with Crippen LogP contribution in [-0.2, 0) is 9.59 Å². The molecule has 98 valence electrons. The normalized spacial score (nSPS) is 11.9. The summed E-state index contributed by atoms with van der Waals surface area (Å²) in [6.45, 7) is 1.63. The number of rotatable bonds is 7. The van der Waals surface area contributed by atoms with E-state index in [2.05, 4.69) is 10.6 Å². The minimum absolute atomic E-state index is 0.0210. The van der Waals surface area contributed by atoms with Crippen molar-refractivity contribution in [2.24, 2.45) is 0 Å². The van der Waals surface area contributed by atoms with Crippen LogP contribution in [0.4, 0.5) is 5.69 Å². The molecule has 0 heterocycles. The summed E-state index contributed by atoms with van der Waals surface area (Å²) in [5, 5.41) is 14.9. The van der Waals surface area contributed by atoms with Crippen LogP contribution in [0.1, 0.15) is 24.9 Å². The van der Waals surface area contributed by atoms with Crippen molar-refractivity contribution in [1.29, 1.82) is 0 Å². The molecule has 0 amide bonds. The van der Waals surface area contributed by atoms with Gasteiger partial charge in [-0.3, -0.25) is 9.59 Å². The zero-order chi connectivity index (χ0) is 13.5. The highest BCUT2D eigenvalue weighted by atomic mass is 16.4. The maximum absolute atomic E-state index is 11.0. The first-order valence-electron chi connectivity index (χ1n) is 5.76. The third kappa shape index (κ3) is 4.18. The number of Topliss-reactive ketones (excluding diaryl/α,β-unsaturated/α-hetero) is 1. The SMILES string of the molecule is CNc1ccccc1C(CC(=O)O)NCC(C)=O. The summed E-state index contributed by atoms with van der Waals surface area (Å²) in [5.74, 6) is -0.922. The molecule has 1 atom stereocenters. The highest BCUT2D eigenvalue weighted by Crippen LogP contribution is 2.24. The number of benzene rings is 1. The summed E-state index contributed by atoms with van der Waals surface area (Å²) < 4.78 is 0. The molecule has 0 aliphatic carbocycles. The first-order chi connectivity index (χ1) is 8.54. The molecule has 0 aliphatic heterocycles. The minimum atomic E-state index is -0.901. The lowest BCUT2D eigenvalue weighted by Gasteiger charge is -2.19. The number of carbonyl (C=O) groups excluding carboxylic acids is 1. The molecular formula is C13H18N2O3. The van der Waals surface area contributed by atoms with E-state index in [9.17, 15) is 9.59 Å². The Kier molecular flexibility index (Phi) is 5.32. The van der Waals surface area contributed by atoms with Gasteiger partial charge in [-0.15, -0.1) is 0 Å².